The molecule has 52 heavy (non-hydrogen) atoms. The summed E-state index contributed by atoms with van der Waals surface area (Å²) in [5, 5.41) is 13.3. The molecule has 2 heterocycles. The number of rotatable bonds is 16. The van der Waals surface area contributed by atoms with E-state index in [-0.39, 0.29) is 50.0 Å². The molecule has 3 amide bonds. The van der Waals surface area contributed by atoms with Gasteiger partial charge in [0.1, 0.15) is 0 Å². The number of nitrogens with one attached hydrogen (secondary N) is 1. The Balaban J connectivity index is 1.24. The second-order valence-corrected chi connectivity index (χ2v) is 13.9. The van der Waals surface area contributed by atoms with Gasteiger partial charge in [0.05, 0.1) is 12.6 Å². The van der Waals surface area contributed by atoms with Gasteiger partial charge in [0.25, 0.3) is 5.91 Å². The number of hydrogen-bond acceptors (Lipinski definition) is 6. The maximum atomic E-state index is 14.8. The topological polar surface area (TPSA) is 125 Å². The summed E-state index contributed by atoms with van der Waals surface area (Å²) in [5.41, 5.74) is 10.7. The number of piperazine rings is 1. The number of amides is 3. The molecule has 12 heteroatoms. The minimum atomic E-state index is -1.35. The fourth-order valence-corrected chi connectivity index (χ4v) is 7.27. The number of aryl methyl sites for hydroxylation is 1. The molecule has 3 aliphatic rings. The Hall–Kier alpha value is -4.68. The minimum Gasteiger partial charge on any atom is -0.488 e. The van der Waals surface area contributed by atoms with Gasteiger partial charge in [-0.25, -0.2) is 8.78 Å². The smallest absolute Gasteiger partial charge is 0.252 e. The predicted octanol–water partition coefficient (Wildman–Crippen LogP) is 4.82. The lowest BCUT2D eigenvalue weighted by molar-refractivity contribution is -0.134. The Morgan fingerprint density at radius 2 is 1.63 bits per heavy atom. The number of aliphatic hydroxyl groups is 1. The normalized spacial score (nSPS) is 18.3. The van der Waals surface area contributed by atoms with E-state index in [4.69, 9.17) is 10.5 Å². The lowest BCUT2D eigenvalue weighted by atomic mass is 9.82. The fraction of sp³-hybridized carbons (Fsp3) is 0.425. The molecule has 0 spiro atoms. The fourth-order valence-electron chi connectivity index (χ4n) is 7.27. The average molecular weight is 719 g/mol. The van der Waals surface area contributed by atoms with Crippen LogP contribution in [0.2, 0.25) is 0 Å². The number of ether oxygens (including phenoxy) is 1. The molecule has 2 fully saturated rings. The number of fused-ring (bicyclic) bond motifs is 2. The molecule has 3 aromatic rings. The number of benzene rings is 3. The molecular weight excluding hydrogens is 673 g/mol. The van der Waals surface area contributed by atoms with E-state index in [2.05, 4.69) is 5.32 Å². The highest BCUT2D eigenvalue weighted by molar-refractivity contribution is 6.03. The lowest BCUT2D eigenvalue weighted by Crippen LogP contribution is -2.62. The van der Waals surface area contributed by atoms with Crippen LogP contribution in [0.15, 0.2) is 66.2 Å². The van der Waals surface area contributed by atoms with Crippen LogP contribution >= 0.6 is 0 Å². The summed E-state index contributed by atoms with van der Waals surface area (Å²) in [4.78, 5) is 43.1. The number of carbonyl (C=O) groups is 3. The van der Waals surface area contributed by atoms with Crippen LogP contribution in [0.25, 0.3) is 5.57 Å². The van der Waals surface area contributed by atoms with Gasteiger partial charge < -0.3 is 30.7 Å². The van der Waals surface area contributed by atoms with Gasteiger partial charge in [0.15, 0.2) is 17.4 Å². The lowest BCUT2D eigenvalue weighted by Gasteiger charge is -2.45. The van der Waals surface area contributed by atoms with E-state index in [1.807, 2.05) is 53.4 Å². The molecule has 4 N–H and O–H groups in total. The third kappa shape index (κ3) is 8.85. The first-order valence-electron chi connectivity index (χ1n) is 18.0. The van der Waals surface area contributed by atoms with E-state index in [1.165, 1.54) is 0 Å². The molecule has 2 atom stereocenters. The molecule has 1 aliphatic carbocycles. The molecule has 0 radical (unpaired) electrons. The number of hydrogen-bond donors (Lipinski definition) is 3. The zero-order chi connectivity index (χ0) is 36.8. The monoisotopic (exact) mass is 718 g/mol. The van der Waals surface area contributed by atoms with Crippen LogP contribution in [-0.4, -0.2) is 77.1 Å². The third-order valence-corrected chi connectivity index (χ3v) is 10.1. The van der Waals surface area contributed by atoms with Crippen molar-refractivity contribution in [3.05, 3.63) is 106 Å². The summed E-state index contributed by atoms with van der Waals surface area (Å²) in [6.07, 6.45) is 4.53. The average Bonchev–Trinajstić information content (AvgIpc) is 3.98. The van der Waals surface area contributed by atoms with Gasteiger partial charge in [-0.05, 0) is 84.9 Å². The Bertz CT molecular complexity index is 1810. The summed E-state index contributed by atoms with van der Waals surface area (Å²) >= 11 is 0. The van der Waals surface area contributed by atoms with Crippen LogP contribution in [0.1, 0.15) is 67.2 Å². The van der Waals surface area contributed by atoms with Gasteiger partial charge >= 0.3 is 0 Å². The van der Waals surface area contributed by atoms with Crippen LogP contribution in [0.4, 0.5) is 13.2 Å². The van der Waals surface area contributed by atoms with Crippen molar-refractivity contribution >= 4 is 23.3 Å². The molecule has 276 valence electrons. The zero-order valence-electron chi connectivity index (χ0n) is 29.1. The van der Waals surface area contributed by atoms with Crippen molar-refractivity contribution in [1.29, 1.82) is 0 Å². The van der Waals surface area contributed by atoms with Crippen LogP contribution in [0.3, 0.4) is 0 Å². The Kier molecular flexibility index (Phi) is 12.0. The van der Waals surface area contributed by atoms with Crippen molar-refractivity contribution in [2.45, 2.75) is 82.5 Å². The van der Waals surface area contributed by atoms with E-state index in [9.17, 15) is 32.7 Å². The summed E-state index contributed by atoms with van der Waals surface area (Å²) in [6.45, 7) is 1.21. The summed E-state index contributed by atoms with van der Waals surface area (Å²) in [5.74, 6) is -4.79. The maximum Gasteiger partial charge on any atom is 0.252 e. The number of carbonyl (C=O) groups excluding carboxylic acids is 3. The van der Waals surface area contributed by atoms with Gasteiger partial charge in [-0.15, -0.1) is 0 Å². The molecule has 0 unspecified atom stereocenters. The highest BCUT2D eigenvalue weighted by Crippen LogP contribution is 2.38. The molecule has 0 aromatic heterocycles. The number of halogens is 3. The third-order valence-electron chi connectivity index (χ3n) is 10.1. The van der Waals surface area contributed by atoms with Crippen LogP contribution in [0.5, 0.6) is 5.75 Å². The molecule has 1 saturated carbocycles. The number of nitrogens with zero attached hydrogens (tertiary/aromatic N) is 2. The predicted molar refractivity (Wildman–Crippen MR) is 189 cm³/mol. The molecule has 9 nitrogen and oxygen atoms in total. The van der Waals surface area contributed by atoms with Crippen LogP contribution in [0, 0.1) is 17.5 Å². The van der Waals surface area contributed by atoms with Crippen molar-refractivity contribution in [3.8, 4) is 5.75 Å². The zero-order valence-corrected chi connectivity index (χ0v) is 29.1. The van der Waals surface area contributed by atoms with Crippen molar-refractivity contribution in [2.75, 3.05) is 26.3 Å². The molecular formula is C40H45F3N4O5. The Morgan fingerprint density at radius 1 is 0.904 bits per heavy atom. The van der Waals surface area contributed by atoms with Crippen molar-refractivity contribution in [1.82, 2.24) is 15.1 Å². The van der Waals surface area contributed by atoms with Gasteiger partial charge in [-0.3, -0.25) is 14.4 Å². The van der Waals surface area contributed by atoms with E-state index in [0.717, 1.165) is 52.8 Å². The summed E-state index contributed by atoms with van der Waals surface area (Å²) in [7, 11) is 0. The molecule has 2 aliphatic heterocycles. The van der Waals surface area contributed by atoms with Crippen LogP contribution in [-0.2, 0) is 33.8 Å². The molecule has 6 rings (SSSR count). The number of aliphatic hydroxyl groups excluding tert-OH is 1. The first-order chi connectivity index (χ1) is 25.1. The quantitative estimate of drug-likeness (QED) is 0.144. The first kappa shape index (κ1) is 37.1. The largest absolute Gasteiger partial charge is 0.488 e. The minimum absolute atomic E-state index is 0.00589. The summed E-state index contributed by atoms with van der Waals surface area (Å²) < 4.78 is 46.7. The number of primary amides is 1. The molecule has 1 saturated heterocycles. The van der Waals surface area contributed by atoms with Crippen molar-refractivity contribution in [2.24, 2.45) is 5.73 Å². The van der Waals surface area contributed by atoms with Gasteiger partial charge in [0.2, 0.25) is 17.6 Å². The van der Waals surface area contributed by atoms with E-state index >= 15 is 0 Å². The number of nitrogens with two attached hydrogens (primary N) is 1. The Morgan fingerprint density at radius 3 is 2.35 bits per heavy atom. The second-order valence-electron chi connectivity index (χ2n) is 13.9. The van der Waals surface area contributed by atoms with Gasteiger partial charge in [-0.1, -0.05) is 48.5 Å². The Labute approximate surface area is 301 Å². The van der Waals surface area contributed by atoms with Gasteiger partial charge in [-0.2, -0.15) is 4.39 Å². The second kappa shape index (κ2) is 16.8. The van der Waals surface area contributed by atoms with E-state index < -0.39 is 35.2 Å². The molecule has 2 bridgehead atoms. The van der Waals surface area contributed by atoms with E-state index in [1.54, 1.807) is 4.90 Å². The van der Waals surface area contributed by atoms with E-state index in [0.29, 0.717) is 57.3 Å². The summed E-state index contributed by atoms with van der Waals surface area (Å²) in [6, 6.07) is 16.9. The molecule has 3 aromatic carbocycles. The highest BCUT2D eigenvalue weighted by Gasteiger charge is 2.43. The standard InChI is InChI=1S/C40H45F3N4O5/c41-32-16-17-33(42)39(38(32)43)52-20-4-5-25-10-12-27(13-11-25)31-21-29-23-46(36(50)9-3-8-35(44)49)24-34(45-29)37(31)40(51)47(30-14-15-30)22-28-7-2-1-6-26(28)18-19-48/h1-2,6-7,10-13,16-17,29-30,34,45,48H,3-5,8-9,14-15,18-24H2,(H2,44,49)/t29-,34-/m1/s1. The van der Waals surface area contributed by atoms with Gasteiger partial charge in [0, 0.05) is 56.7 Å². The van der Waals surface area contributed by atoms with Crippen molar-refractivity contribution in [3.63, 3.8) is 0 Å². The highest BCUT2D eigenvalue weighted by atomic mass is 19.2. The maximum absolute atomic E-state index is 14.8. The SMILES string of the molecule is NC(=O)CCCC(=O)N1C[C@H]2CC(c3ccc(CCCOc4c(F)ccc(F)c4F)cc3)=C(C(=O)N(Cc3ccccc3CCO)C3CC3)[C@@H](C1)N2. The first-order valence-corrected chi connectivity index (χ1v) is 18.0. The van der Waals surface area contributed by atoms with Crippen LogP contribution < -0.4 is 15.8 Å². The van der Waals surface area contributed by atoms with Crippen molar-refractivity contribution < 1.29 is 37.4 Å².